The van der Waals surface area contributed by atoms with Crippen molar-refractivity contribution in [2.24, 2.45) is 4.99 Å². The van der Waals surface area contributed by atoms with Gasteiger partial charge in [0.25, 0.3) is 0 Å². The minimum Gasteiger partial charge on any atom is -0.460 e. The summed E-state index contributed by atoms with van der Waals surface area (Å²) in [6.07, 6.45) is -4.87. The zero-order valence-electron chi connectivity index (χ0n) is 14.6. The maximum absolute atomic E-state index is 13.5. The lowest BCUT2D eigenvalue weighted by atomic mass is 9.97. The maximum Gasteiger partial charge on any atom is 0.416 e. The highest BCUT2D eigenvalue weighted by atomic mass is 32.2. The van der Waals surface area contributed by atoms with Crippen LogP contribution in [0.1, 0.15) is 37.1 Å². The number of allylic oxidation sites excluding steroid dienone is 1. The van der Waals surface area contributed by atoms with Crippen LogP contribution in [0.5, 0.6) is 0 Å². The highest BCUT2D eigenvalue weighted by Gasteiger charge is 2.42. The lowest BCUT2D eigenvalue weighted by Crippen LogP contribution is -2.34. The summed E-state index contributed by atoms with van der Waals surface area (Å²) in [7, 11) is 0. The monoisotopic (exact) mass is 384 g/mol. The number of hydrogen-bond donors (Lipinski definition) is 0. The highest BCUT2D eigenvalue weighted by Crippen LogP contribution is 2.48. The molecule has 26 heavy (non-hydrogen) atoms. The third kappa shape index (κ3) is 3.47. The second-order valence-corrected chi connectivity index (χ2v) is 7.42. The molecule has 1 atom stereocenters. The Morgan fingerprint density at radius 3 is 2.69 bits per heavy atom. The van der Waals surface area contributed by atoms with Crippen LogP contribution in [-0.4, -0.2) is 35.2 Å². The van der Waals surface area contributed by atoms with E-state index >= 15 is 0 Å². The minimum absolute atomic E-state index is 0.0503. The molecule has 140 valence electrons. The Kier molecular flexibility index (Phi) is 5.05. The van der Waals surface area contributed by atoms with E-state index in [9.17, 15) is 18.0 Å². The first kappa shape index (κ1) is 18.8. The smallest absolute Gasteiger partial charge is 0.416 e. The van der Waals surface area contributed by atoms with Gasteiger partial charge in [0, 0.05) is 12.2 Å². The molecule has 0 N–H and O–H groups in total. The molecule has 0 spiro atoms. The van der Waals surface area contributed by atoms with Gasteiger partial charge in [-0.1, -0.05) is 30.0 Å². The lowest BCUT2D eigenvalue weighted by molar-refractivity contribution is -0.143. The average Bonchev–Trinajstić information content (AvgIpc) is 3.02. The third-order valence-corrected chi connectivity index (χ3v) is 5.48. The summed E-state index contributed by atoms with van der Waals surface area (Å²) in [5, 5.41) is -0.169. The Labute approximate surface area is 154 Å². The summed E-state index contributed by atoms with van der Waals surface area (Å²) in [6, 6.07) is 5.36. The predicted octanol–water partition coefficient (Wildman–Crippen LogP) is 4.39. The molecule has 1 aromatic rings. The molecule has 1 aromatic carbocycles. The van der Waals surface area contributed by atoms with Crippen molar-refractivity contribution in [3.05, 3.63) is 46.7 Å². The fraction of sp³-hybridized carbons (Fsp3) is 0.444. The normalized spacial score (nSPS) is 20.3. The molecule has 0 amide bonds. The summed E-state index contributed by atoms with van der Waals surface area (Å²) < 4.78 is 45.9. The van der Waals surface area contributed by atoms with Gasteiger partial charge in [0.1, 0.15) is 0 Å². The van der Waals surface area contributed by atoms with E-state index in [0.29, 0.717) is 24.0 Å². The molecule has 0 fully saturated rings. The topological polar surface area (TPSA) is 41.9 Å². The van der Waals surface area contributed by atoms with Crippen molar-refractivity contribution in [1.82, 2.24) is 4.90 Å². The fourth-order valence-corrected chi connectivity index (χ4v) is 4.52. The number of amidine groups is 1. The average molecular weight is 384 g/mol. The Hall–Kier alpha value is -1.96. The SMILES string of the molecule is CC1=C(C(=O)OC(C)C)[C@@H](c2ccccc2C(F)(F)F)SC2=NCCN21. The zero-order valence-corrected chi connectivity index (χ0v) is 15.4. The number of fused-ring (bicyclic) bond motifs is 1. The first-order valence-electron chi connectivity index (χ1n) is 8.26. The number of esters is 1. The van der Waals surface area contributed by atoms with Crippen LogP contribution in [0.25, 0.3) is 0 Å². The second-order valence-electron chi connectivity index (χ2n) is 6.35. The van der Waals surface area contributed by atoms with Crippen molar-refractivity contribution in [3.8, 4) is 0 Å². The number of ether oxygens (including phenoxy) is 1. The minimum atomic E-state index is -4.51. The molecule has 2 aliphatic rings. The first-order chi connectivity index (χ1) is 12.2. The van der Waals surface area contributed by atoms with Gasteiger partial charge >= 0.3 is 12.1 Å². The number of halogens is 3. The third-order valence-electron chi connectivity index (χ3n) is 4.19. The van der Waals surface area contributed by atoms with Crippen LogP contribution in [0.15, 0.2) is 40.5 Å². The standard InChI is InChI=1S/C18H19F3N2O2S/c1-10(2)25-16(24)14-11(3)23-9-8-22-17(23)26-15(14)12-6-4-5-7-13(12)18(19,20)21/h4-7,10,15H,8-9H2,1-3H3/t15-/m1/s1. The summed E-state index contributed by atoms with van der Waals surface area (Å²) in [5.41, 5.74) is 0.162. The zero-order chi connectivity index (χ0) is 19.1. The van der Waals surface area contributed by atoms with Crippen LogP contribution in [0.4, 0.5) is 13.2 Å². The van der Waals surface area contributed by atoms with Crippen LogP contribution < -0.4 is 0 Å². The molecule has 0 aliphatic carbocycles. The van der Waals surface area contributed by atoms with Crippen molar-refractivity contribution >= 4 is 22.9 Å². The number of thioether (sulfide) groups is 1. The number of nitrogens with zero attached hydrogens (tertiary/aromatic N) is 2. The number of benzene rings is 1. The molecule has 2 aliphatic heterocycles. The molecule has 4 nitrogen and oxygen atoms in total. The number of alkyl halides is 3. The molecule has 8 heteroatoms. The summed E-state index contributed by atoms with van der Waals surface area (Å²) >= 11 is 1.17. The molecular weight excluding hydrogens is 365 g/mol. The summed E-state index contributed by atoms with van der Waals surface area (Å²) in [4.78, 5) is 18.9. The molecule has 0 aromatic heterocycles. The van der Waals surface area contributed by atoms with Crippen molar-refractivity contribution in [1.29, 1.82) is 0 Å². The fourth-order valence-electron chi connectivity index (χ4n) is 3.07. The van der Waals surface area contributed by atoms with Crippen molar-refractivity contribution in [3.63, 3.8) is 0 Å². The van der Waals surface area contributed by atoms with E-state index in [4.69, 9.17) is 4.74 Å². The van der Waals surface area contributed by atoms with Gasteiger partial charge < -0.3 is 9.64 Å². The summed E-state index contributed by atoms with van der Waals surface area (Å²) in [6.45, 7) is 6.33. The second kappa shape index (κ2) is 6.98. The molecular formula is C18H19F3N2O2S. The Morgan fingerprint density at radius 1 is 1.35 bits per heavy atom. The predicted molar refractivity (Wildman–Crippen MR) is 94.7 cm³/mol. The molecule has 3 rings (SSSR count). The Bertz CT molecular complexity index is 787. The molecule has 0 saturated carbocycles. The van der Waals surface area contributed by atoms with Gasteiger partial charge in [0.05, 0.1) is 29.0 Å². The van der Waals surface area contributed by atoms with Crippen LogP contribution in [0, 0.1) is 0 Å². The largest absolute Gasteiger partial charge is 0.460 e. The van der Waals surface area contributed by atoms with E-state index in [1.54, 1.807) is 26.8 Å². The van der Waals surface area contributed by atoms with E-state index in [0.717, 1.165) is 6.07 Å². The number of carbonyl (C=O) groups excluding carboxylic acids is 1. The molecule has 0 saturated heterocycles. The van der Waals surface area contributed by atoms with Crippen molar-refractivity contribution in [2.75, 3.05) is 13.1 Å². The van der Waals surface area contributed by atoms with Gasteiger partial charge in [-0.15, -0.1) is 0 Å². The Balaban J connectivity index is 2.14. The van der Waals surface area contributed by atoms with Crippen LogP contribution in [-0.2, 0) is 15.7 Å². The van der Waals surface area contributed by atoms with Crippen LogP contribution in [0.3, 0.4) is 0 Å². The number of aliphatic imine (C=N–C) groups is 1. The maximum atomic E-state index is 13.5. The van der Waals surface area contributed by atoms with E-state index in [1.165, 1.54) is 23.9 Å². The van der Waals surface area contributed by atoms with E-state index in [-0.39, 0.29) is 17.2 Å². The van der Waals surface area contributed by atoms with E-state index < -0.39 is 23.0 Å². The first-order valence-corrected chi connectivity index (χ1v) is 9.14. The van der Waals surface area contributed by atoms with Crippen LogP contribution >= 0.6 is 11.8 Å². The highest BCUT2D eigenvalue weighted by molar-refractivity contribution is 8.14. The number of rotatable bonds is 3. The molecule has 0 unspecified atom stereocenters. The van der Waals surface area contributed by atoms with Gasteiger partial charge in [-0.2, -0.15) is 13.2 Å². The van der Waals surface area contributed by atoms with Gasteiger partial charge in [-0.05, 0) is 32.4 Å². The Morgan fingerprint density at radius 2 is 2.04 bits per heavy atom. The van der Waals surface area contributed by atoms with Gasteiger partial charge in [0.15, 0.2) is 5.17 Å². The van der Waals surface area contributed by atoms with Gasteiger partial charge in [-0.25, -0.2) is 4.79 Å². The van der Waals surface area contributed by atoms with Crippen molar-refractivity contribution < 1.29 is 22.7 Å². The van der Waals surface area contributed by atoms with Crippen molar-refractivity contribution in [2.45, 2.75) is 38.3 Å². The molecule has 2 heterocycles. The van der Waals surface area contributed by atoms with Gasteiger partial charge in [0.2, 0.25) is 0 Å². The van der Waals surface area contributed by atoms with Gasteiger partial charge in [-0.3, -0.25) is 4.99 Å². The molecule has 0 bridgehead atoms. The molecule has 0 radical (unpaired) electrons. The van der Waals surface area contributed by atoms with Crippen LogP contribution in [0.2, 0.25) is 0 Å². The van der Waals surface area contributed by atoms with E-state index in [2.05, 4.69) is 4.99 Å². The van der Waals surface area contributed by atoms with E-state index in [1.807, 2.05) is 4.90 Å². The lowest BCUT2D eigenvalue weighted by Gasteiger charge is -2.34. The number of carbonyl (C=O) groups is 1. The quantitative estimate of drug-likeness (QED) is 0.725. The number of hydrogen-bond acceptors (Lipinski definition) is 5. The summed E-state index contributed by atoms with van der Waals surface area (Å²) in [5.74, 6) is -0.585.